The molecule has 0 aliphatic carbocycles. The molecular weight excluding hydrogens is 164 g/mol. The van der Waals surface area contributed by atoms with Crippen molar-refractivity contribution in [3.05, 3.63) is 0 Å². The van der Waals surface area contributed by atoms with Gasteiger partial charge in [0.05, 0.1) is 0 Å². The van der Waals surface area contributed by atoms with E-state index in [9.17, 15) is 4.79 Å². The second-order valence-corrected chi connectivity index (χ2v) is 3.41. The Morgan fingerprint density at radius 3 is 2.45 bits per heavy atom. The number of rotatable bonds is 7. The molecule has 0 aromatic carbocycles. The van der Waals surface area contributed by atoms with Gasteiger partial charge in [-0.15, -0.1) is 0 Å². The molecule has 0 spiro atoms. The molecule has 0 radical (unpaired) electrons. The fourth-order valence-corrected chi connectivity index (χ4v) is 1.48. The highest BCUT2D eigenvalue weighted by Gasteiger charge is 1.95. The zero-order valence-electron chi connectivity index (χ0n) is 6.45. The van der Waals surface area contributed by atoms with Crippen LogP contribution >= 0.6 is 11.8 Å². The van der Waals surface area contributed by atoms with Crippen molar-refractivity contribution in [2.75, 3.05) is 18.1 Å². The molecule has 66 valence electrons. The van der Waals surface area contributed by atoms with E-state index >= 15 is 0 Å². The first kappa shape index (κ1) is 10.8. The Kier molecular flexibility index (Phi) is 7.72. The summed E-state index contributed by atoms with van der Waals surface area (Å²) in [6.07, 6.45) is 1.79. The van der Waals surface area contributed by atoms with Gasteiger partial charge in [0.25, 0.3) is 0 Å². The van der Waals surface area contributed by atoms with E-state index in [2.05, 4.69) is 0 Å². The first-order valence-electron chi connectivity index (χ1n) is 3.67. The van der Waals surface area contributed by atoms with Crippen molar-refractivity contribution >= 4 is 17.7 Å². The van der Waals surface area contributed by atoms with E-state index in [1.54, 1.807) is 11.8 Å². The summed E-state index contributed by atoms with van der Waals surface area (Å²) in [4.78, 5) is 10.0. The third kappa shape index (κ3) is 9.78. The van der Waals surface area contributed by atoms with E-state index in [0.717, 1.165) is 24.3 Å². The van der Waals surface area contributed by atoms with Crippen LogP contribution in [0.25, 0.3) is 0 Å². The third-order valence-electron chi connectivity index (χ3n) is 1.13. The van der Waals surface area contributed by atoms with Crippen molar-refractivity contribution in [3.8, 4) is 0 Å². The highest BCUT2D eigenvalue weighted by molar-refractivity contribution is 7.99. The normalized spacial score (nSPS) is 9.91. The predicted molar refractivity (Wildman–Crippen MR) is 45.9 cm³/mol. The maximum absolute atomic E-state index is 10.0. The van der Waals surface area contributed by atoms with Crippen LogP contribution < -0.4 is 0 Å². The van der Waals surface area contributed by atoms with E-state index in [1.807, 2.05) is 0 Å². The van der Waals surface area contributed by atoms with Gasteiger partial charge in [-0.3, -0.25) is 4.79 Å². The molecule has 0 aliphatic rings. The molecule has 0 unspecified atom stereocenters. The summed E-state index contributed by atoms with van der Waals surface area (Å²) in [5.74, 6) is 1.08. The monoisotopic (exact) mass is 178 g/mol. The Bertz CT molecular complexity index is 106. The standard InChI is InChI=1S/C7H14O3S/c8-4-2-6-11-5-1-3-7(9)10/h8H,1-6H2,(H,9,10). The first-order valence-corrected chi connectivity index (χ1v) is 4.83. The molecule has 0 aromatic rings. The van der Waals surface area contributed by atoms with Crippen molar-refractivity contribution in [1.82, 2.24) is 0 Å². The van der Waals surface area contributed by atoms with Crippen LogP contribution in [0.15, 0.2) is 0 Å². The minimum Gasteiger partial charge on any atom is -0.481 e. The lowest BCUT2D eigenvalue weighted by Crippen LogP contribution is -1.95. The van der Waals surface area contributed by atoms with Gasteiger partial charge in [-0.1, -0.05) is 0 Å². The van der Waals surface area contributed by atoms with Crippen LogP contribution in [0.4, 0.5) is 0 Å². The van der Waals surface area contributed by atoms with Crippen molar-refractivity contribution < 1.29 is 15.0 Å². The number of carboxylic acid groups (broad SMARTS) is 1. The third-order valence-corrected chi connectivity index (χ3v) is 2.28. The summed E-state index contributed by atoms with van der Waals surface area (Å²) in [6, 6.07) is 0. The van der Waals surface area contributed by atoms with Gasteiger partial charge in [0.15, 0.2) is 0 Å². The van der Waals surface area contributed by atoms with Crippen LogP contribution in [0, 0.1) is 0 Å². The van der Waals surface area contributed by atoms with E-state index in [4.69, 9.17) is 10.2 Å². The lowest BCUT2D eigenvalue weighted by molar-refractivity contribution is -0.137. The topological polar surface area (TPSA) is 57.5 Å². The number of hydrogen-bond acceptors (Lipinski definition) is 3. The molecule has 0 atom stereocenters. The largest absolute Gasteiger partial charge is 0.481 e. The van der Waals surface area contributed by atoms with Gasteiger partial charge in [0.1, 0.15) is 0 Å². The van der Waals surface area contributed by atoms with Crippen LogP contribution in [0.2, 0.25) is 0 Å². The van der Waals surface area contributed by atoms with Gasteiger partial charge in [0.2, 0.25) is 0 Å². The molecule has 3 nitrogen and oxygen atoms in total. The van der Waals surface area contributed by atoms with Crippen LogP contribution in [0.5, 0.6) is 0 Å². The summed E-state index contributed by atoms with van der Waals surface area (Å²) in [5, 5.41) is 16.7. The van der Waals surface area contributed by atoms with E-state index < -0.39 is 5.97 Å². The Balaban J connectivity index is 2.85. The first-order chi connectivity index (χ1) is 5.27. The molecular formula is C7H14O3S. The van der Waals surface area contributed by atoms with Gasteiger partial charge in [-0.25, -0.2) is 0 Å². The average Bonchev–Trinajstić information content (AvgIpc) is 1.96. The van der Waals surface area contributed by atoms with Crippen molar-refractivity contribution in [1.29, 1.82) is 0 Å². The smallest absolute Gasteiger partial charge is 0.303 e. The fraction of sp³-hybridized carbons (Fsp3) is 0.857. The van der Waals surface area contributed by atoms with Gasteiger partial charge < -0.3 is 10.2 Å². The highest BCUT2D eigenvalue weighted by Crippen LogP contribution is 2.05. The Morgan fingerprint density at radius 2 is 1.91 bits per heavy atom. The van der Waals surface area contributed by atoms with Crippen LogP contribution in [0.3, 0.4) is 0 Å². The van der Waals surface area contributed by atoms with Gasteiger partial charge >= 0.3 is 5.97 Å². The number of thioether (sulfide) groups is 1. The maximum atomic E-state index is 10.0. The summed E-state index contributed by atoms with van der Waals surface area (Å²) in [5.41, 5.74) is 0. The van der Waals surface area contributed by atoms with E-state index in [0.29, 0.717) is 0 Å². The molecule has 11 heavy (non-hydrogen) atoms. The minimum atomic E-state index is -0.729. The molecule has 0 fully saturated rings. The van der Waals surface area contributed by atoms with Crippen LogP contribution in [-0.2, 0) is 4.79 Å². The second-order valence-electron chi connectivity index (χ2n) is 2.19. The quantitative estimate of drug-likeness (QED) is 0.570. The Labute approximate surface area is 70.8 Å². The zero-order valence-corrected chi connectivity index (χ0v) is 7.27. The van der Waals surface area contributed by atoms with Crippen molar-refractivity contribution in [2.24, 2.45) is 0 Å². The lowest BCUT2D eigenvalue weighted by atomic mass is 10.3. The van der Waals surface area contributed by atoms with E-state index in [-0.39, 0.29) is 13.0 Å². The Hall–Kier alpha value is -0.220. The summed E-state index contributed by atoms with van der Waals surface area (Å²) in [6.45, 7) is 0.228. The predicted octanol–water partition coefficient (Wildman–Crippen LogP) is 0.967. The lowest BCUT2D eigenvalue weighted by Gasteiger charge is -1.97. The molecule has 0 saturated carbocycles. The Morgan fingerprint density at radius 1 is 1.27 bits per heavy atom. The number of aliphatic carboxylic acids is 1. The van der Waals surface area contributed by atoms with Crippen LogP contribution in [0.1, 0.15) is 19.3 Å². The van der Waals surface area contributed by atoms with Crippen molar-refractivity contribution in [3.63, 3.8) is 0 Å². The second kappa shape index (κ2) is 7.88. The molecule has 0 rings (SSSR count). The fourth-order valence-electron chi connectivity index (χ4n) is 0.594. The number of aliphatic hydroxyl groups excluding tert-OH is 1. The SMILES string of the molecule is O=C(O)CCCSCCCO. The number of aliphatic hydroxyl groups is 1. The molecule has 0 aromatic heterocycles. The number of carbonyl (C=O) groups is 1. The molecule has 0 bridgehead atoms. The molecule has 0 aliphatic heterocycles. The summed E-state index contributed by atoms with van der Waals surface area (Å²) < 4.78 is 0. The maximum Gasteiger partial charge on any atom is 0.303 e. The number of hydrogen-bond donors (Lipinski definition) is 2. The average molecular weight is 178 g/mol. The van der Waals surface area contributed by atoms with Gasteiger partial charge in [0, 0.05) is 13.0 Å². The van der Waals surface area contributed by atoms with Gasteiger partial charge in [-0.05, 0) is 24.3 Å². The summed E-state index contributed by atoms with van der Waals surface area (Å²) >= 11 is 1.70. The zero-order chi connectivity index (χ0) is 8.53. The van der Waals surface area contributed by atoms with E-state index in [1.165, 1.54) is 0 Å². The molecule has 0 saturated heterocycles. The molecule has 0 heterocycles. The van der Waals surface area contributed by atoms with Gasteiger partial charge in [-0.2, -0.15) is 11.8 Å². The number of carboxylic acids is 1. The van der Waals surface area contributed by atoms with Crippen LogP contribution in [-0.4, -0.2) is 34.3 Å². The minimum absolute atomic E-state index is 0.228. The van der Waals surface area contributed by atoms with Crippen molar-refractivity contribution in [2.45, 2.75) is 19.3 Å². The molecule has 4 heteroatoms. The molecule has 2 N–H and O–H groups in total. The summed E-state index contributed by atoms with van der Waals surface area (Å²) in [7, 11) is 0. The highest BCUT2D eigenvalue weighted by atomic mass is 32.2. The molecule has 0 amide bonds.